The van der Waals surface area contributed by atoms with Crippen molar-refractivity contribution in [1.82, 2.24) is 10.2 Å². The number of amides is 1. The van der Waals surface area contributed by atoms with Gasteiger partial charge in [-0.2, -0.15) is 0 Å². The Kier molecular flexibility index (Phi) is 4.65. The summed E-state index contributed by atoms with van der Waals surface area (Å²) in [6, 6.07) is 7.06. The molecule has 1 heterocycles. The molecule has 0 fully saturated rings. The molecule has 2 aromatic rings. The first kappa shape index (κ1) is 14.7. The van der Waals surface area contributed by atoms with E-state index in [0.29, 0.717) is 18.1 Å². The van der Waals surface area contributed by atoms with Crippen LogP contribution in [0.4, 0.5) is 15.9 Å². The minimum atomic E-state index is -0.449. The van der Waals surface area contributed by atoms with E-state index in [0.717, 1.165) is 0 Å². The van der Waals surface area contributed by atoms with Crippen LogP contribution in [0.25, 0.3) is 0 Å². The summed E-state index contributed by atoms with van der Waals surface area (Å²) in [5.41, 5.74) is 0.518. The Hall–Kier alpha value is -2.70. The van der Waals surface area contributed by atoms with Gasteiger partial charge in [0.25, 0.3) is 5.91 Å². The monoisotopic (exact) mass is 290 g/mol. The van der Waals surface area contributed by atoms with Gasteiger partial charge in [0.05, 0.1) is 12.8 Å². The second-order valence-corrected chi connectivity index (χ2v) is 4.13. The summed E-state index contributed by atoms with van der Waals surface area (Å²) in [5, 5.41) is 13.3. The molecule has 21 heavy (non-hydrogen) atoms. The average Bonchev–Trinajstić information content (AvgIpc) is 2.50. The number of hydrogen-bond acceptors (Lipinski definition) is 5. The molecule has 0 atom stereocenters. The lowest BCUT2D eigenvalue weighted by atomic mass is 10.2. The lowest BCUT2D eigenvalue weighted by molar-refractivity contribution is 0.102. The van der Waals surface area contributed by atoms with E-state index in [1.165, 1.54) is 25.3 Å². The van der Waals surface area contributed by atoms with Gasteiger partial charge >= 0.3 is 0 Å². The van der Waals surface area contributed by atoms with Gasteiger partial charge in [-0.15, -0.1) is 10.2 Å². The van der Waals surface area contributed by atoms with Crippen LogP contribution in [-0.2, 0) is 0 Å². The minimum Gasteiger partial charge on any atom is -0.494 e. The smallest absolute Gasteiger partial charge is 0.276 e. The van der Waals surface area contributed by atoms with Crippen molar-refractivity contribution in [2.24, 2.45) is 0 Å². The minimum absolute atomic E-state index is 0.156. The van der Waals surface area contributed by atoms with E-state index in [1.807, 2.05) is 6.92 Å². The van der Waals surface area contributed by atoms with Gasteiger partial charge in [0.15, 0.2) is 5.69 Å². The van der Waals surface area contributed by atoms with Gasteiger partial charge < -0.3 is 15.4 Å². The fourth-order valence-corrected chi connectivity index (χ4v) is 1.68. The van der Waals surface area contributed by atoms with Crippen molar-refractivity contribution in [2.75, 3.05) is 24.3 Å². The summed E-state index contributed by atoms with van der Waals surface area (Å²) in [5.74, 6) is -0.0657. The molecule has 0 unspecified atom stereocenters. The van der Waals surface area contributed by atoms with Gasteiger partial charge in [0, 0.05) is 12.6 Å². The first-order chi connectivity index (χ1) is 10.1. The van der Waals surface area contributed by atoms with Crippen LogP contribution in [0.1, 0.15) is 17.4 Å². The molecule has 1 amide bonds. The second kappa shape index (κ2) is 6.65. The zero-order valence-corrected chi connectivity index (χ0v) is 11.7. The van der Waals surface area contributed by atoms with E-state index >= 15 is 0 Å². The number of aromatic nitrogens is 2. The molecule has 0 saturated carbocycles. The number of hydrogen-bond donors (Lipinski definition) is 2. The molecule has 1 aromatic heterocycles. The first-order valence-corrected chi connectivity index (χ1v) is 6.36. The second-order valence-electron chi connectivity index (χ2n) is 4.13. The number of carbonyl (C=O) groups is 1. The van der Waals surface area contributed by atoms with Crippen molar-refractivity contribution in [3.8, 4) is 5.75 Å². The molecule has 0 radical (unpaired) electrons. The SMILES string of the molecule is CCNc1ccc(C(=O)Nc2ccc(F)cc2OC)nn1. The van der Waals surface area contributed by atoms with Crippen molar-refractivity contribution in [1.29, 1.82) is 0 Å². The maximum absolute atomic E-state index is 13.1. The predicted molar refractivity (Wildman–Crippen MR) is 77.1 cm³/mol. The van der Waals surface area contributed by atoms with Gasteiger partial charge in [-0.25, -0.2) is 4.39 Å². The molecule has 0 bridgehead atoms. The first-order valence-electron chi connectivity index (χ1n) is 6.36. The number of ether oxygens (including phenoxy) is 1. The van der Waals surface area contributed by atoms with Gasteiger partial charge in [-0.3, -0.25) is 4.79 Å². The number of nitrogens with one attached hydrogen (secondary N) is 2. The van der Waals surface area contributed by atoms with Crippen molar-refractivity contribution in [3.05, 3.63) is 41.8 Å². The third-order valence-corrected chi connectivity index (χ3v) is 2.67. The number of rotatable bonds is 5. The van der Waals surface area contributed by atoms with Gasteiger partial charge in [-0.05, 0) is 31.2 Å². The molecule has 0 saturated heterocycles. The van der Waals surface area contributed by atoms with Gasteiger partial charge in [0.1, 0.15) is 17.4 Å². The van der Waals surface area contributed by atoms with E-state index in [-0.39, 0.29) is 11.4 Å². The van der Waals surface area contributed by atoms with Crippen LogP contribution in [0.15, 0.2) is 30.3 Å². The molecular weight excluding hydrogens is 275 g/mol. The van der Waals surface area contributed by atoms with E-state index in [1.54, 1.807) is 12.1 Å². The zero-order chi connectivity index (χ0) is 15.2. The molecule has 1 aromatic carbocycles. The van der Waals surface area contributed by atoms with Gasteiger partial charge in [-0.1, -0.05) is 0 Å². The Bertz CT molecular complexity index is 631. The highest BCUT2D eigenvalue weighted by atomic mass is 19.1. The molecule has 0 aliphatic heterocycles. The lowest BCUT2D eigenvalue weighted by Crippen LogP contribution is -2.15. The van der Waals surface area contributed by atoms with Crippen LogP contribution in [0.3, 0.4) is 0 Å². The van der Waals surface area contributed by atoms with Crippen molar-refractivity contribution >= 4 is 17.4 Å². The van der Waals surface area contributed by atoms with Crippen LogP contribution in [-0.4, -0.2) is 29.8 Å². The maximum Gasteiger partial charge on any atom is 0.276 e. The highest BCUT2D eigenvalue weighted by molar-refractivity contribution is 6.03. The molecule has 110 valence electrons. The number of nitrogens with zero attached hydrogens (tertiary/aromatic N) is 2. The summed E-state index contributed by atoms with van der Waals surface area (Å²) in [6.07, 6.45) is 0. The van der Waals surface area contributed by atoms with Crippen LogP contribution >= 0.6 is 0 Å². The molecule has 0 aliphatic rings. The Morgan fingerprint density at radius 1 is 1.29 bits per heavy atom. The number of benzene rings is 1. The molecule has 0 aliphatic carbocycles. The summed E-state index contributed by atoms with van der Waals surface area (Å²) in [7, 11) is 1.40. The van der Waals surface area contributed by atoms with Crippen LogP contribution < -0.4 is 15.4 Å². The van der Waals surface area contributed by atoms with E-state index < -0.39 is 11.7 Å². The summed E-state index contributed by atoms with van der Waals surface area (Å²) < 4.78 is 18.1. The van der Waals surface area contributed by atoms with Crippen molar-refractivity contribution in [2.45, 2.75) is 6.92 Å². The van der Waals surface area contributed by atoms with Crippen molar-refractivity contribution in [3.63, 3.8) is 0 Å². The number of methoxy groups -OCH3 is 1. The zero-order valence-electron chi connectivity index (χ0n) is 11.7. The summed E-state index contributed by atoms with van der Waals surface area (Å²) in [6.45, 7) is 2.65. The molecule has 7 heteroatoms. The Balaban J connectivity index is 2.14. The molecule has 6 nitrogen and oxygen atoms in total. The van der Waals surface area contributed by atoms with Crippen LogP contribution in [0.2, 0.25) is 0 Å². The Labute approximate surface area is 121 Å². The topological polar surface area (TPSA) is 76.1 Å². The molecule has 0 spiro atoms. The number of halogens is 1. The number of carbonyl (C=O) groups excluding carboxylic acids is 1. The Morgan fingerprint density at radius 3 is 2.71 bits per heavy atom. The predicted octanol–water partition coefficient (Wildman–Crippen LogP) is 2.31. The lowest BCUT2D eigenvalue weighted by Gasteiger charge is -2.09. The van der Waals surface area contributed by atoms with E-state index in [4.69, 9.17) is 4.74 Å². The van der Waals surface area contributed by atoms with Gasteiger partial charge in [0.2, 0.25) is 0 Å². The number of anilines is 2. The fraction of sp³-hybridized carbons (Fsp3) is 0.214. The molecule has 2 rings (SSSR count). The van der Waals surface area contributed by atoms with Crippen molar-refractivity contribution < 1.29 is 13.9 Å². The summed E-state index contributed by atoms with van der Waals surface area (Å²) >= 11 is 0. The quantitative estimate of drug-likeness (QED) is 0.883. The summed E-state index contributed by atoms with van der Waals surface area (Å²) in [4.78, 5) is 12.1. The Morgan fingerprint density at radius 2 is 2.10 bits per heavy atom. The standard InChI is InChI=1S/C14H15FN4O2/c1-3-16-13-7-6-11(18-19-13)14(20)17-10-5-4-9(15)8-12(10)21-2/h4-8H,3H2,1-2H3,(H,16,19)(H,17,20). The highest BCUT2D eigenvalue weighted by Gasteiger charge is 2.12. The van der Waals surface area contributed by atoms with Crippen LogP contribution in [0.5, 0.6) is 5.75 Å². The fourth-order valence-electron chi connectivity index (χ4n) is 1.68. The third-order valence-electron chi connectivity index (χ3n) is 2.67. The molecule has 2 N–H and O–H groups in total. The van der Waals surface area contributed by atoms with Crippen LogP contribution in [0, 0.1) is 5.82 Å². The highest BCUT2D eigenvalue weighted by Crippen LogP contribution is 2.25. The van der Waals surface area contributed by atoms with E-state index in [2.05, 4.69) is 20.8 Å². The van der Waals surface area contributed by atoms with E-state index in [9.17, 15) is 9.18 Å². The third kappa shape index (κ3) is 3.65. The molecular formula is C14H15FN4O2. The average molecular weight is 290 g/mol. The largest absolute Gasteiger partial charge is 0.494 e. The maximum atomic E-state index is 13.1. The normalized spacial score (nSPS) is 10.0.